The zero-order chi connectivity index (χ0) is 15.4. The standard InChI is InChI=1S/C19H20N2O/c1-14-6-2-3-7-15(14)12-19(22)20-11-10-16-13-21-18-9-5-4-8-17(16)18/h2-9,13,21H,10-12H2,1H3,(H,20,22). The highest BCUT2D eigenvalue weighted by Gasteiger charge is 2.06. The van der Waals surface area contributed by atoms with Gasteiger partial charge in [0.1, 0.15) is 0 Å². The summed E-state index contributed by atoms with van der Waals surface area (Å²) in [5, 5.41) is 4.24. The molecular weight excluding hydrogens is 272 g/mol. The second-order valence-corrected chi connectivity index (χ2v) is 5.56. The Morgan fingerprint density at radius 1 is 1.05 bits per heavy atom. The zero-order valence-electron chi connectivity index (χ0n) is 12.7. The number of aryl methyl sites for hydroxylation is 1. The van der Waals surface area contributed by atoms with E-state index in [9.17, 15) is 4.79 Å². The Hall–Kier alpha value is -2.55. The number of nitrogens with one attached hydrogen (secondary N) is 2. The molecule has 0 saturated heterocycles. The molecule has 3 heteroatoms. The van der Waals surface area contributed by atoms with Gasteiger partial charge < -0.3 is 10.3 Å². The van der Waals surface area contributed by atoms with Gasteiger partial charge in [-0.15, -0.1) is 0 Å². The number of amides is 1. The van der Waals surface area contributed by atoms with Gasteiger partial charge in [0.15, 0.2) is 0 Å². The van der Waals surface area contributed by atoms with Gasteiger partial charge in [-0.3, -0.25) is 4.79 Å². The van der Waals surface area contributed by atoms with Crippen molar-refractivity contribution < 1.29 is 4.79 Å². The average molecular weight is 292 g/mol. The third kappa shape index (κ3) is 3.19. The normalized spacial score (nSPS) is 10.8. The largest absolute Gasteiger partial charge is 0.361 e. The first-order valence-corrected chi connectivity index (χ1v) is 7.60. The first kappa shape index (κ1) is 14.4. The number of carbonyl (C=O) groups is 1. The van der Waals surface area contributed by atoms with Crippen LogP contribution in [0.2, 0.25) is 0 Å². The number of benzene rings is 2. The van der Waals surface area contributed by atoms with E-state index in [1.807, 2.05) is 49.5 Å². The van der Waals surface area contributed by atoms with Gasteiger partial charge in [-0.25, -0.2) is 0 Å². The van der Waals surface area contributed by atoms with Gasteiger partial charge in [0, 0.05) is 23.6 Å². The Balaban J connectivity index is 1.55. The number of aromatic amines is 1. The lowest BCUT2D eigenvalue weighted by Gasteiger charge is -2.07. The summed E-state index contributed by atoms with van der Waals surface area (Å²) in [5.74, 6) is 0.0779. The molecule has 0 atom stereocenters. The van der Waals surface area contributed by atoms with Crippen LogP contribution in [-0.4, -0.2) is 17.4 Å². The van der Waals surface area contributed by atoms with Crippen LogP contribution in [-0.2, 0) is 17.6 Å². The van der Waals surface area contributed by atoms with Crippen molar-refractivity contribution in [1.82, 2.24) is 10.3 Å². The lowest BCUT2D eigenvalue weighted by molar-refractivity contribution is -0.120. The van der Waals surface area contributed by atoms with Crippen molar-refractivity contribution >= 4 is 16.8 Å². The molecule has 22 heavy (non-hydrogen) atoms. The number of hydrogen-bond acceptors (Lipinski definition) is 1. The Kier molecular flexibility index (Phi) is 4.24. The number of carbonyl (C=O) groups excluding carboxylic acids is 1. The molecule has 1 aromatic heterocycles. The van der Waals surface area contributed by atoms with Gasteiger partial charge >= 0.3 is 0 Å². The van der Waals surface area contributed by atoms with Crippen LogP contribution in [0.5, 0.6) is 0 Å². The highest BCUT2D eigenvalue weighted by atomic mass is 16.1. The van der Waals surface area contributed by atoms with E-state index in [1.54, 1.807) is 0 Å². The molecule has 2 N–H and O–H groups in total. The van der Waals surface area contributed by atoms with E-state index in [0.717, 1.165) is 23.1 Å². The molecule has 0 aliphatic rings. The van der Waals surface area contributed by atoms with Gasteiger partial charge in [0.2, 0.25) is 5.91 Å². The quantitative estimate of drug-likeness (QED) is 0.744. The van der Waals surface area contributed by atoms with Crippen LogP contribution in [0.4, 0.5) is 0 Å². The maximum atomic E-state index is 12.0. The number of H-pyrrole nitrogens is 1. The molecule has 1 amide bonds. The zero-order valence-corrected chi connectivity index (χ0v) is 12.7. The molecule has 3 rings (SSSR count). The van der Waals surface area contributed by atoms with Gasteiger partial charge in [-0.1, -0.05) is 42.5 Å². The highest BCUT2D eigenvalue weighted by molar-refractivity contribution is 5.83. The van der Waals surface area contributed by atoms with Gasteiger partial charge in [0.25, 0.3) is 0 Å². The van der Waals surface area contributed by atoms with Gasteiger partial charge in [-0.2, -0.15) is 0 Å². The predicted octanol–water partition coefficient (Wildman–Crippen LogP) is 3.38. The van der Waals surface area contributed by atoms with Crippen molar-refractivity contribution in [3.8, 4) is 0 Å². The van der Waals surface area contributed by atoms with Crippen LogP contribution in [0.3, 0.4) is 0 Å². The van der Waals surface area contributed by atoms with Crippen LogP contribution in [0.15, 0.2) is 54.7 Å². The van der Waals surface area contributed by atoms with E-state index >= 15 is 0 Å². The van der Waals surface area contributed by atoms with Crippen LogP contribution >= 0.6 is 0 Å². The third-order valence-electron chi connectivity index (χ3n) is 4.00. The summed E-state index contributed by atoms with van der Waals surface area (Å²) in [6.07, 6.45) is 3.31. The molecule has 2 aromatic carbocycles. The highest BCUT2D eigenvalue weighted by Crippen LogP contribution is 2.17. The van der Waals surface area contributed by atoms with E-state index in [2.05, 4.69) is 22.4 Å². The van der Waals surface area contributed by atoms with E-state index in [0.29, 0.717) is 13.0 Å². The summed E-state index contributed by atoms with van der Waals surface area (Å²) < 4.78 is 0. The summed E-state index contributed by atoms with van der Waals surface area (Å²) >= 11 is 0. The molecule has 0 fully saturated rings. The monoisotopic (exact) mass is 292 g/mol. The average Bonchev–Trinajstić information content (AvgIpc) is 2.93. The third-order valence-corrected chi connectivity index (χ3v) is 4.00. The lowest BCUT2D eigenvalue weighted by Crippen LogP contribution is -2.27. The smallest absolute Gasteiger partial charge is 0.224 e. The predicted molar refractivity (Wildman–Crippen MR) is 89.9 cm³/mol. The fraction of sp³-hybridized carbons (Fsp3) is 0.211. The second-order valence-electron chi connectivity index (χ2n) is 5.56. The Labute approximate surface area is 130 Å². The van der Waals surface area contributed by atoms with Crippen LogP contribution in [0.1, 0.15) is 16.7 Å². The number of rotatable bonds is 5. The number of para-hydroxylation sites is 1. The van der Waals surface area contributed by atoms with Crippen molar-refractivity contribution in [1.29, 1.82) is 0 Å². The minimum atomic E-state index is 0.0779. The number of hydrogen-bond donors (Lipinski definition) is 2. The molecule has 0 radical (unpaired) electrons. The van der Waals surface area contributed by atoms with E-state index in [-0.39, 0.29) is 5.91 Å². The number of fused-ring (bicyclic) bond motifs is 1. The van der Waals surface area contributed by atoms with Crippen molar-refractivity contribution in [3.63, 3.8) is 0 Å². The van der Waals surface area contributed by atoms with Crippen molar-refractivity contribution in [2.24, 2.45) is 0 Å². The Morgan fingerprint density at radius 3 is 2.68 bits per heavy atom. The summed E-state index contributed by atoms with van der Waals surface area (Å²) in [6.45, 7) is 2.70. The SMILES string of the molecule is Cc1ccccc1CC(=O)NCCc1c[nH]c2ccccc12. The van der Waals surface area contributed by atoms with Gasteiger partial charge in [-0.05, 0) is 36.1 Å². The first-order valence-electron chi connectivity index (χ1n) is 7.60. The lowest BCUT2D eigenvalue weighted by atomic mass is 10.1. The maximum absolute atomic E-state index is 12.0. The topological polar surface area (TPSA) is 44.9 Å². The molecule has 0 saturated carbocycles. The summed E-state index contributed by atoms with van der Waals surface area (Å²) in [5.41, 5.74) is 4.64. The van der Waals surface area contributed by atoms with E-state index in [4.69, 9.17) is 0 Å². The van der Waals surface area contributed by atoms with Crippen molar-refractivity contribution in [2.45, 2.75) is 19.8 Å². The summed E-state index contributed by atoms with van der Waals surface area (Å²) in [6, 6.07) is 16.2. The molecule has 0 aliphatic heterocycles. The Bertz CT molecular complexity index is 789. The van der Waals surface area contributed by atoms with Crippen LogP contribution in [0.25, 0.3) is 10.9 Å². The Morgan fingerprint density at radius 2 is 1.82 bits per heavy atom. The van der Waals surface area contributed by atoms with Crippen molar-refractivity contribution in [2.75, 3.05) is 6.54 Å². The van der Waals surface area contributed by atoms with Crippen LogP contribution < -0.4 is 5.32 Å². The molecule has 0 spiro atoms. The van der Waals surface area contributed by atoms with Crippen molar-refractivity contribution in [3.05, 3.63) is 71.4 Å². The first-order chi connectivity index (χ1) is 10.7. The molecule has 0 unspecified atom stereocenters. The molecule has 1 heterocycles. The minimum Gasteiger partial charge on any atom is -0.361 e. The second kappa shape index (κ2) is 6.48. The maximum Gasteiger partial charge on any atom is 0.224 e. The molecule has 3 nitrogen and oxygen atoms in total. The molecule has 0 bridgehead atoms. The number of aromatic nitrogens is 1. The molecular formula is C19H20N2O. The van der Waals surface area contributed by atoms with Crippen LogP contribution in [0, 0.1) is 6.92 Å². The molecule has 3 aromatic rings. The van der Waals surface area contributed by atoms with E-state index in [1.165, 1.54) is 10.9 Å². The summed E-state index contributed by atoms with van der Waals surface area (Å²) in [7, 11) is 0. The summed E-state index contributed by atoms with van der Waals surface area (Å²) in [4.78, 5) is 15.3. The minimum absolute atomic E-state index is 0.0779. The van der Waals surface area contributed by atoms with E-state index < -0.39 is 0 Å². The molecule has 112 valence electrons. The van der Waals surface area contributed by atoms with Gasteiger partial charge in [0.05, 0.1) is 6.42 Å². The fourth-order valence-corrected chi connectivity index (χ4v) is 2.72. The molecule has 0 aliphatic carbocycles. The fourth-order valence-electron chi connectivity index (χ4n) is 2.72.